The van der Waals surface area contributed by atoms with Gasteiger partial charge in [-0.2, -0.15) is 11.8 Å². The molecule has 0 bridgehead atoms. The van der Waals surface area contributed by atoms with Gasteiger partial charge in [0.25, 0.3) is 0 Å². The van der Waals surface area contributed by atoms with Crippen molar-refractivity contribution in [2.75, 3.05) is 60.6 Å². The first-order valence-electron chi connectivity index (χ1n) is 7.32. The molecule has 0 aromatic heterocycles. The molecule has 0 saturated carbocycles. The second kappa shape index (κ2) is 6.53. The van der Waals surface area contributed by atoms with E-state index in [1.807, 2.05) is 0 Å². The Morgan fingerprint density at radius 3 is 2.11 bits per heavy atom. The van der Waals surface area contributed by atoms with Crippen LogP contribution in [0.5, 0.6) is 0 Å². The Hall–Kier alpha value is -0.870. The summed E-state index contributed by atoms with van der Waals surface area (Å²) in [5.41, 5.74) is 2.76. The lowest BCUT2D eigenvalue weighted by molar-refractivity contribution is 0.724. The Morgan fingerprint density at radius 1 is 0.789 bits per heavy atom. The van der Waals surface area contributed by atoms with E-state index < -0.39 is 0 Å². The van der Waals surface area contributed by atoms with Gasteiger partial charge in [0.2, 0.25) is 0 Å². The van der Waals surface area contributed by atoms with E-state index in [9.17, 15) is 0 Å². The zero-order valence-electron chi connectivity index (χ0n) is 11.5. The zero-order valence-corrected chi connectivity index (χ0v) is 12.3. The molecule has 1 N–H and O–H groups in total. The SMILES string of the molecule is c1cc(N2CCSCC2)ccc1N1CCCNCC1. The summed E-state index contributed by atoms with van der Waals surface area (Å²) >= 11 is 2.06. The molecule has 2 heterocycles. The highest BCUT2D eigenvalue weighted by atomic mass is 32.2. The molecule has 0 radical (unpaired) electrons. The van der Waals surface area contributed by atoms with Crippen molar-refractivity contribution >= 4 is 23.1 Å². The number of nitrogens with zero attached hydrogens (tertiary/aromatic N) is 2. The predicted octanol–water partition coefficient (Wildman–Crippen LogP) is 2.04. The molecule has 4 heteroatoms. The Bertz CT molecular complexity index is 379. The smallest absolute Gasteiger partial charge is 0.0368 e. The first-order chi connectivity index (χ1) is 9.43. The lowest BCUT2D eigenvalue weighted by atomic mass is 10.2. The van der Waals surface area contributed by atoms with Crippen LogP contribution in [0.4, 0.5) is 11.4 Å². The van der Waals surface area contributed by atoms with E-state index >= 15 is 0 Å². The summed E-state index contributed by atoms with van der Waals surface area (Å²) in [4.78, 5) is 5.00. The van der Waals surface area contributed by atoms with E-state index in [4.69, 9.17) is 0 Å². The van der Waals surface area contributed by atoms with Crippen LogP contribution in [0.1, 0.15) is 6.42 Å². The maximum atomic E-state index is 3.46. The van der Waals surface area contributed by atoms with Crippen LogP contribution in [-0.2, 0) is 0 Å². The fraction of sp³-hybridized carbons (Fsp3) is 0.600. The molecule has 0 aliphatic carbocycles. The van der Waals surface area contributed by atoms with E-state index in [2.05, 4.69) is 51.1 Å². The highest BCUT2D eigenvalue weighted by molar-refractivity contribution is 7.99. The Morgan fingerprint density at radius 2 is 1.42 bits per heavy atom. The summed E-state index contributed by atoms with van der Waals surface area (Å²) in [6, 6.07) is 9.18. The highest BCUT2D eigenvalue weighted by Gasteiger charge is 2.13. The van der Waals surface area contributed by atoms with E-state index in [-0.39, 0.29) is 0 Å². The van der Waals surface area contributed by atoms with Crippen LogP contribution in [0.2, 0.25) is 0 Å². The van der Waals surface area contributed by atoms with Gasteiger partial charge in [0, 0.05) is 55.6 Å². The third kappa shape index (κ3) is 3.37. The van der Waals surface area contributed by atoms with Gasteiger partial charge in [0.05, 0.1) is 0 Å². The van der Waals surface area contributed by atoms with Gasteiger partial charge in [-0.3, -0.25) is 0 Å². The number of rotatable bonds is 2. The molecule has 19 heavy (non-hydrogen) atoms. The van der Waals surface area contributed by atoms with Gasteiger partial charge in [-0.1, -0.05) is 0 Å². The molecule has 1 aromatic carbocycles. The number of hydrogen-bond acceptors (Lipinski definition) is 4. The molecule has 3 nitrogen and oxygen atoms in total. The maximum absolute atomic E-state index is 3.46. The van der Waals surface area contributed by atoms with Crippen molar-refractivity contribution in [3.05, 3.63) is 24.3 Å². The molecule has 104 valence electrons. The monoisotopic (exact) mass is 277 g/mol. The third-order valence-electron chi connectivity index (χ3n) is 3.93. The minimum Gasteiger partial charge on any atom is -0.370 e. The fourth-order valence-corrected chi connectivity index (χ4v) is 3.70. The number of anilines is 2. The van der Waals surface area contributed by atoms with Crippen molar-refractivity contribution < 1.29 is 0 Å². The van der Waals surface area contributed by atoms with Crippen molar-refractivity contribution in [2.24, 2.45) is 0 Å². The van der Waals surface area contributed by atoms with Gasteiger partial charge in [-0.15, -0.1) is 0 Å². The topological polar surface area (TPSA) is 18.5 Å². The number of nitrogens with one attached hydrogen (secondary N) is 1. The molecule has 2 aliphatic heterocycles. The minimum absolute atomic E-state index is 1.10. The Kier molecular flexibility index (Phi) is 4.51. The summed E-state index contributed by atoms with van der Waals surface area (Å²) in [5.74, 6) is 2.53. The van der Waals surface area contributed by atoms with Gasteiger partial charge in [-0.25, -0.2) is 0 Å². The molecule has 2 saturated heterocycles. The van der Waals surface area contributed by atoms with Crippen molar-refractivity contribution in [1.29, 1.82) is 0 Å². The van der Waals surface area contributed by atoms with Crippen molar-refractivity contribution in [3.63, 3.8) is 0 Å². The molecule has 2 aliphatic rings. The average Bonchev–Trinajstić information content (AvgIpc) is 2.77. The van der Waals surface area contributed by atoms with E-state index in [0.29, 0.717) is 0 Å². The van der Waals surface area contributed by atoms with Crippen molar-refractivity contribution in [1.82, 2.24) is 5.32 Å². The maximum Gasteiger partial charge on any atom is 0.0368 e. The molecule has 0 spiro atoms. The molecule has 2 fully saturated rings. The summed E-state index contributed by atoms with van der Waals surface area (Å²) < 4.78 is 0. The molecule has 0 amide bonds. The summed E-state index contributed by atoms with van der Waals surface area (Å²) in [6.45, 7) is 6.94. The first-order valence-corrected chi connectivity index (χ1v) is 8.47. The first kappa shape index (κ1) is 13.1. The Balaban J connectivity index is 1.67. The van der Waals surface area contributed by atoms with Crippen molar-refractivity contribution in [3.8, 4) is 0 Å². The normalized spacial score (nSPS) is 21.3. The van der Waals surface area contributed by atoms with Gasteiger partial charge in [0.15, 0.2) is 0 Å². The van der Waals surface area contributed by atoms with E-state index in [0.717, 1.165) is 19.6 Å². The van der Waals surface area contributed by atoms with Crippen LogP contribution in [0.25, 0.3) is 0 Å². The fourth-order valence-electron chi connectivity index (χ4n) is 2.80. The van der Waals surface area contributed by atoms with Crippen LogP contribution in [0.15, 0.2) is 24.3 Å². The highest BCUT2D eigenvalue weighted by Crippen LogP contribution is 2.23. The Labute approximate surface area is 120 Å². The second-order valence-electron chi connectivity index (χ2n) is 5.21. The largest absolute Gasteiger partial charge is 0.370 e. The lowest BCUT2D eigenvalue weighted by Gasteiger charge is -2.29. The second-order valence-corrected chi connectivity index (χ2v) is 6.43. The van der Waals surface area contributed by atoms with Gasteiger partial charge in [0.1, 0.15) is 0 Å². The predicted molar refractivity (Wildman–Crippen MR) is 85.7 cm³/mol. The number of thioether (sulfide) groups is 1. The van der Waals surface area contributed by atoms with Crippen LogP contribution in [0, 0.1) is 0 Å². The molecule has 0 atom stereocenters. The van der Waals surface area contributed by atoms with Crippen LogP contribution >= 0.6 is 11.8 Å². The van der Waals surface area contributed by atoms with Crippen LogP contribution in [-0.4, -0.2) is 50.8 Å². The standard InChI is InChI=1S/C15H23N3S/c1-6-16-7-9-17(8-1)14-2-4-15(5-3-14)18-10-12-19-13-11-18/h2-5,16H,1,6-13H2. The average molecular weight is 277 g/mol. The van der Waals surface area contributed by atoms with Gasteiger partial charge in [-0.05, 0) is 37.2 Å². The summed E-state index contributed by atoms with van der Waals surface area (Å²) in [7, 11) is 0. The molecule has 3 rings (SSSR count). The summed E-state index contributed by atoms with van der Waals surface area (Å²) in [5, 5.41) is 3.46. The van der Waals surface area contributed by atoms with Crippen LogP contribution in [0.3, 0.4) is 0 Å². The molecular weight excluding hydrogens is 254 g/mol. The molecule has 1 aromatic rings. The van der Waals surface area contributed by atoms with Gasteiger partial charge < -0.3 is 15.1 Å². The van der Waals surface area contributed by atoms with E-state index in [1.165, 1.54) is 48.9 Å². The lowest BCUT2D eigenvalue weighted by Crippen LogP contribution is -2.32. The third-order valence-corrected chi connectivity index (χ3v) is 4.87. The summed E-state index contributed by atoms with van der Waals surface area (Å²) in [6.07, 6.45) is 1.24. The van der Waals surface area contributed by atoms with Crippen molar-refractivity contribution in [2.45, 2.75) is 6.42 Å². The molecule has 0 unspecified atom stereocenters. The number of hydrogen-bond donors (Lipinski definition) is 1. The minimum atomic E-state index is 1.10. The quantitative estimate of drug-likeness (QED) is 0.891. The van der Waals surface area contributed by atoms with Crippen LogP contribution < -0.4 is 15.1 Å². The zero-order chi connectivity index (χ0) is 12.9. The molecular formula is C15H23N3S. The van der Waals surface area contributed by atoms with E-state index in [1.54, 1.807) is 0 Å². The number of benzene rings is 1. The van der Waals surface area contributed by atoms with Gasteiger partial charge >= 0.3 is 0 Å².